The number of likely N-dealkylation sites (tertiary alicyclic amines) is 1. The van der Waals surface area contributed by atoms with Gasteiger partial charge in [-0.2, -0.15) is 13.2 Å². The summed E-state index contributed by atoms with van der Waals surface area (Å²) in [6.45, 7) is 2.56. The molecule has 12 heteroatoms. The molecule has 4 aromatic rings. The first-order chi connectivity index (χ1) is 21.0. The number of fused-ring (bicyclic) bond motifs is 2. The molecular formula is C32H32F4N4O4. The Morgan fingerprint density at radius 2 is 1.68 bits per heavy atom. The zero-order chi connectivity index (χ0) is 31.2. The first-order valence-corrected chi connectivity index (χ1v) is 14.4. The molecule has 1 atom stereocenters. The van der Waals surface area contributed by atoms with E-state index in [1.807, 2.05) is 35.2 Å². The van der Waals surface area contributed by atoms with E-state index in [-0.39, 0.29) is 32.0 Å². The fourth-order valence-electron chi connectivity index (χ4n) is 6.28. The standard InChI is InChI=1S/C32H32F4N4O4/c1-20-6-5-9-24(33)23(20)17-39-26-19-43-31(12-14-38(15-13-31)16-22-10-11-27(44-22)32(34,35)36)28(26)29(41)40(30(39)42)18-25(37)21-7-3-2-4-8-21/h2-11,25H,12-19,37H2,1H3/t25-/m0/s1. The van der Waals surface area contributed by atoms with Crippen LogP contribution < -0.4 is 17.0 Å². The van der Waals surface area contributed by atoms with Crippen LogP contribution in [0.5, 0.6) is 0 Å². The van der Waals surface area contributed by atoms with Crippen LogP contribution in [0.2, 0.25) is 0 Å². The lowest BCUT2D eigenvalue weighted by atomic mass is 9.85. The van der Waals surface area contributed by atoms with E-state index in [9.17, 15) is 27.2 Å². The Labute approximate surface area is 250 Å². The van der Waals surface area contributed by atoms with Crippen molar-refractivity contribution in [1.82, 2.24) is 14.0 Å². The Balaban J connectivity index is 1.35. The van der Waals surface area contributed by atoms with Crippen LogP contribution in [-0.2, 0) is 42.8 Å². The fourth-order valence-corrected chi connectivity index (χ4v) is 6.28. The normalized spacial score (nSPS) is 17.2. The molecule has 2 aromatic carbocycles. The second kappa shape index (κ2) is 11.5. The van der Waals surface area contributed by atoms with Crippen molar-refractivity contribution in [3.05, 3.63) is 127 Å². The number of aromatic nitrogens is 2. The Hall–Kier alpha value is -4.00. The van der Waals surface area contributed by atoms with Gasteiger partial charge < -0.3 is 14.9 Å². The van der Waals surface area contributed by atoms with E-state index in [4.69, 9.17) is 14.9 Å². The molecule has 0 radical (unpaired) electrons. The maximum absolute atomic E-state index is 15.0. The largest absolute Gasteiger partial charge is 0.455 e. The SMILES string of the molecule is Cc1cccc(F)c1Cn1c2c(c(=O)n(C[C@H](N)c3ccccc3)c1=O)C1(CCN(Cc3ccc(C(F)(F)F)o3)CC1)OC2. The van der Waals surface area contributed by atoms with Crippen molar-refractivity contribution >= 4 is 0 Å². The Kier molecular flexibility index (Phi) is 7.85. The maximum Gasteiger partial charge on any atom is 0.449 e. The highest BCUT2D eigenvalue weighted by Gasteiger charge is 2.47. The van der Waals surface area contributed by atoms with Crippen molar-refractivity contribution in [3.63, 3.8) is 0 Å². The number of nitrogens with zero attached hydrogens (tertiary/aromatic N) is 3. The van der Waals surface area contributed by atoms with Crippen LogP contribution >= 0.6 is 0 Å². The Morgan fingerprint density at radius 3 is 2.34 bits per heavy atom. The number of hydrogen-bond donors (Lipinski definition) is 1. The van der Waals surface area contributed by atoms with E-state index in [1.165, 1.54) is 16.7 Å². The predicted molar refractivity (Wildman–Crippen MR) is 153 cm³/mol. The van der Waals surface area contributed by atoms with Crippen molar-refractivity contribution in [1.29, 1.82) is 0 Å². The van der Waals surface area contributed by atoms with Crippen LogP contribution in [0.15, 0.2) is 74.7 Å². The molecule has 0 unspecified atom stereocenters. The van der Waals surface area contributed by atoms with Gasteiger partial charge >= 0.3 is 11.9 Å². The zero-order valence-corrected chi connectivity index (χ0v) is 24.1. The van der Waals surface area contributed by atoms with Crippen molar-refractivity contribution in [2.45, 2.75) is 63.8 Å². The van der Waals surface area contributed by atoms with E-state index in [0.717, 1.165) is 16.2 Å². The summed E-state index contributed by atoms with van der Waals surface area (Å²) in [6, 6.07) is 15.4. The molecule has 2 N–H and O–H groups in total. The van der Waals surface area contributed by atoms with Crippen LogP contribution in [0, 0.1) is 12.7 Å². The number of halogens is 4. The second-order valence-corrected chi connectivity index (χ2v) is 11.5. The van der Waals surface area contributed by atoms with Gasteiger partial charge in [0, 0.05) is 24.7 Å². The van der Waals surface area contributed by atoms with Crippen LogP contribution in [0.4, 0.5) is 17.6 Å². The van der Waals surface area contributed by atoms with Gasteiger partial charge in [-0.1, -0.05) is 42.5 Å². The van der Waals surface area contributed by atoms with Crippen LogP contribution in [-0.4, -0.2) is 27.1 Å². The van der Waals surface area contributed by atoms with Gasteiger partial charge in [0.1, 0.15) is 17.2 Å². The van der Waals surface area contributed by atoms with Crippen molar-refractivity contribution in [3.8, 4) is 0 Å². The van der Waals surface area contributed by atoms with Gasteiger partial charge in [0.25, 0.3) is 5.56 Å². The number of ether oxygens (including phenoxy) is 1. The lowest BCUT2D eigenvalue weighted by molar-refractivity contribution is -0.153. The number of alkyl halides is 3. The minimum Gasteiger partial charge on any atom is -0.455 e. The molecule has 0 amide bonds. The number of benzene rings is 2. The molecule has 2 aliphatic heterocycles. The first-order valence-electron chi connectivity index (χ1n) is 14.4. The lowest BCUT2D eigenvalue weighted by Gasteiger charge is -2.38. The van der Waals surface area contributed by atoms with Crippen molar-refractivity contribution < 1.29 is 26.7 Å². The summed E-state index contributed by atoms with van der Waals surface area (Å²) >= 11 is 0. The van der Waals surface area contributed by atoms with Gasteiger partial charge in [-0.3, -0.25) is 18.8 Å². The van der Waals surface area contributed by atoms with Gasteiger partial charge in [0.05, 0.1) is 37.5 Å². The molecule has 1 spiro atoms. The third-order valence-corrected chi connectivity index (χ3v) is 8.74. The molecule has 0 aliphatic carbocycles. The summed E-state index contributed by atoms with van der Waals surface area (Å²) in [4.78, 5) is 30.0. The Bertz CT molecular complexity index is 1770. The monoisotopic (exact) mass is 612 g/mol. The minimum atomic E-state index is -4.56. The minimum absolute atomic E-state index is 0.00792. The number of aryl methyl sites for hydroxylation is 1. The number of hydrogen-bond acceptors (Lipinski definition) is 6. The van der Waals surface area contributed by atoms with Crippen LogP contribution in [0.25, 0.3) is 0 Å². The third kappa shape index (κ3) is 5.53. The Morgan fingerprint density at radius 1 is 0.955 bits per heavy atom. The molecular weight excluding hydrogens is 580 g/mol. The molecule has 232 valence electrons. The number of rotatable bonds is 7. The molecule has 8 nitrogen and oxygen atoms in total. The van der Waals surface area contributed by atoms with Gasteiger partial charge in [0.15, 0.2) is 0 Å². The number of furan rings is 1. The number of piperidine rings is 1. The smallest absolute Gasteiger partial charge is 0.449 e. The topological polar surface area (TPSA) is 95.6 Å². The van der Waals surface area contributed by atoms with Gasteiger partial charge in [-0.25, -0.2) is 9.18 Å². The van der Waals surface area contributed by atoms with E-state index in [2.05, 4.69) is 0 Å². The molecule has 1 fully saturated rings. The van der Waals surface area contributed by atoms with E-state index in [0.29, 0.717) is 48.3 Å². The summed E-state index contributed by atoms with van der Waals surface area (Å²) in [5, 5.41) is 0. The third-order valence-electron chi connectivity index (χ3n) is 8.74. The fraction of sp³-hybridized carbons (Fsp3) is 0.375. The maximum atomic E-state index is 15.0. The van der Waals surface area contributed by atoms with E-state index >= 15 is 0 Å². The van der Waals surface area contributed by atoms with Gasteiger partial charge in [-0.05, 0) is 49.1 Å². The van der Waals surface area contributed by atoms with E-state index in [1.54, 1.807) is 19.1 Å². The summed E-state index contributed by atoms with van der Waals surface area (Å²) in [5.41, 5.74) is 6.87. The number of nitrogens with two attached hydrogens (primary N) is 1. The van der Waals surface area contributed by atoms with Gasteiger partial charge in [0.2, 0.25) is 5.76 Å². The first kappa shape index (κ1) is 30.0. The van der Waals surface area contributed by atoms with E-state index < -0.39 is 40.6 Å². The average molecular weight is 613 g/mol. The molecule has 44 heavy (non-hydrogen) atoms. The van der Waals surface area contributed by atoms with Gasteiger partial charge in [-0.15, -0.1) is 0 Å². The quantitative estimate of drug-likeness (QED) is 0.300. The predicted octanol–water partition coefficient (Wildman–Crippen LogP) is 4.84. The summed E-state index contributed by atoms with van der Waals surface area (Å²) in [7, 11) is 0. The van der Waals surface area contributed by atoms with Crippen LogP contribution in [0.1, 0.15) is 58.4 Å². The molecule has 2 aliphatic rings. The molecule has 2 aromatic heterocycles. The summed E-state index contributed by atoms with van der Waals surface area (Å²) in [6.07, 6.45) is -3.83. The molecule has 1 saturated heterocycles. The summed E-state index contributed by atoms with van der Waals surface area (Å²) in [5.74, 6) is -1.32. The highest BCUT2D eigenvalue weighted by molar-refractivity contribution is 5.33. The van der Waals surface area contributed by atoms with Crippen LogP contribution in [0.3, 0.4) is 0 Å². The highest BCUT2D eigenvalue weighted by atomic mass is 19.4. The van der Waals surface area contributed by atoms with Crippen molar-refractivity contribution in [2.24, 2.45) is 5.73 Å². The molecule has 0 bridgehead atoms. The zero-order valence-electron chi connectivity index (χ0n) is 24.1. The average Bonchev–Trinajstić information content (AvgIpc) is 3.62. The molecule has 4 heterocycles. The highest BCUT2D eigenvalue weighted by Crippen LogP contribution is 2.43. The molecule has 0 saturated carbocycles. The molecule has 6 rings (SSSR count). The van der Waals surface area contributed by atoms with Crippen molar-refractivity contribution in [2.75, 3.05) is 13.1 Å². The second-order valence-electron chi connectivity index (χ2n) is 11.5. The summed E-state index contributed by atoms with van der Waals surface area (Å²) < 4.78 is 67.8. The lowest BCUT2D eigenvalue weighted by Crippen LogP contribution is -2.49.